The molecule has 0 aromatic carbocycles. The maximum absolute atomic E-state index is 4.68. The maximum atomic E-state index is 4.68. The van der Waals surface area contributed by atoms with Crippen molar-refractivity contribution in [3.8, 4) is 0 Å². The molecular formula is C12H23N. The molecule has 1 heteroatoms. The summed E-state index contributed by atoms with van der Waals surface area (Å²) in [6.45, 7) is 6.55. The fourth-order valence-electron chi connectivity index (χ4n) is 2.26. The topological polar surface area (TPSA) is 12.4 Å². The molecule has 0 amide bonds. The highest BCUT2D eigenvalue weighted by Crippen LogP contribution is 2.26. The summed E-state index contributed by atoms with van der Waals surface area (Å²) >= 11 is 0. The van der Waals surface area contributed by atoms with Crippen molar-refractivity contribution in [1.29, 1.82) is 0 Å². The van der Waals surface area contributed by atoms with Gasteiger partial charge in [0.15, 0.2) is 0 Å². The van der Waals surface area contributed by atoms with Crippen LogP contribution in [0.3, 0.4) is 0 Å². The second kappa shape index (κ2) is 5.41. The van der Waals surface area contributed by atoms with Crippen molar-refractivity contribution < 1.29 is 0 Å². The molecule has 2 unspecified atom stereocenters. The first-order chi connectivity index (χ1) is 6.22. The van der Waals surface area contributed by atoms with Gasteiger partial charge in [-0.25, -0.2) is 0 Å². The molecule has 0 aromatic rings. The lowest BCUT2D eigenvalue weighted by Gasteiger charge is -2.10. The van der Waals surface area contributed by atoms with Gasteiger partial charge in [-0.15, -0.1) is 0 Å². The van der Waals surface area contributed by atoms with Gasteiger partial charge in [0.05, 0.1) is 0 Å². The third kappa shape index (κ3) is 3.93. The van der Waals surface area contributed by atoms with Gasteiger partial charge in [0.1, 0.15) is 0 Å². The van der Waals surface area contributed by atoms with Gasteiger partial charge in [0.25, 0.3) is 0 Å². The van der Waals surface area contributed by atoms with Crippen LogP contribution in [0.1, 0.15) is 59.3 Å². The molecule has 1 rings (SSSR count). The summed E-state index contributed by atoms with van der Waals surface area (Å²) in [5.41, 5.74) is 1.25. The van der Waals surface area contributed by atoms with Crippen LogP contribution < -0.4 is 0 Å². The predicted molar refractivity (Wildman–Crippen MR) is 59.4 cm³/mol. The van der Waals surface area contributed by atoms with Gasteiger partial charge >= 0.3 is 0 Å². The SMILES string of the molecule is CCC1CCCC(N=C(C)C)CC1. The van der Waals surface area contributed by atoms with E-state index < -0.39 is 0 Å². The highest BCUT2D eigenvalue weighted by atomic mass is 14.8. The van der Waals surface area contributed by atoms with Gasteiger partial charge in [0.2, 0.25) is 0 Å². The lowest BCUT2D eigenvalue weighted by atomic mass is 9.98. The normalized spacial score (nSPS) is 29.5. The highest BCUT2D eigenvalue weighted by molar-refractivity contribution is 5.79. The monoisotopic (exact) mass is 181 g/mol. The molecule has 0 bridgehead atoms. The summed E-state index contributed by atoms with van der Waals surface area (Å²) in [5, 5.41) is 0. The molecule has 1 nitrogen and oxygen atoms in total. The molecule has 76 valence electrons. The molecule has 0 spiro atoms. The van der Waals surface area contributed by atoms with Gasteiger partial charge in [0, 0.05) is 11.8 Å². The van der Waals surface area contributed by atoms with E-state index >= 15 is 0 Å². The van der Waals surface area contributed by atoms with Crippen molar-refractivity contribution in [1.82, 2.24) is 0 Å². The number of hydrogen-bond donors (Lipinski definition) is 0. The zero-order valence-electron chi connectivity index (χ0n) is 9.34. The van der Waals surface area contributed by atoms with E-state index in [-0.39, 0.29) is 0 Å². The van der Waals surface area contributed by atoms with Gasteiger partial charge in [-0.2, -0.15) is 0 Å². The fraction of sp³-hybridized carbons (Fsp3) is 0.917. The van der Waals surface area contributed by atoms with Crippen LogP contribution in [0.2, 0.25) is 0 Å². The van der Waals surface area contributed by atoms with Crippen molar-refractivity contribution >= 4 is 5.71 Å². The molecule has 1 aliphatic rings. The predicted octanol–water partition coefficient (Wildman–Crippen LogP) is 3.83. The third-order valence-corrected chi connectivity index (χ3v) is 3.08. The quantitative estimate of drug-likeness (QED) is 0.453. The van der Waals surface area contributed by atoms with Crippen LogP contribution in [0.15, 0.2) is 4.99 Å². The van der Waals surface area contributed by atoms with Crippen LogP contribution in [0, 0.1) is 5.92 Å². The first-order valence-electron chi connectivity index (χ1n) is 5.73. The van der Waals surface area contributed by atoms with E-state index in [1.165, 1.54) is 44.2 Å². The standard InChI is InChI=1S/C12H23N/c1-4-11-6-5-7-12(9-8-11)13-10(2)3/h11-12H,4-9H2,1-3H3. The zero-order valence-corrected chi connectivity index (χ0v) is 9.34. The van der Waals surface area contributed by atoms with E-state index in [0.717, 1.165) is 5.92 Å². The summed E-state index contributed by atoms with van der Waals surface area (Å²) in [7, 11) is 0. The van der Waals surface area contributed by atoms with E-state index in [1.807, 2.05) is 0 Å². The van der Waals surface area contributed by atoms with Crippen molar-refractivity contribution in [3.05, 3.63) is 0 Å². The van der Waals surface area contributed by atoms with Crippen molar-refractivity contribution in [2.24, 2.45) is 10.9 Å². The second-order valence-electron chi connectivity index (χ2n) is 4.51. The smallest absolute Gasteiger partial charge is 0.0498 e. The summed E-state index contributed by atoms with van der Waals surface area (Å²) in [5.74, 6) is 0.984. The molecule has 1 aliphatic carbocycles. The zero-order chi connectivity index (χ0) is 9.68. The molecule has 1 fully saturated rings. The van der Waals surface area contributed by atoms with Crippen LogP contribution in [-0.4, -0.2) is 11.8 Å². The summed E-state index contributed by atoms with van der Waals surface area (Å²) in [6, 6.07) is 0.640. The van der Waals surface area contributed by atoms with Crippen molar-refractivity contribution in [2.45, 2.75) is 65.3 Å². The van der Waals surface area contributed by atoms with E-state index in [0.29, 0.717) is 6.04 Å². The fourth-order valence-corrected chi connectivity index (χ4v) is 2.26. The lowest BCUT2D eigenvalue weighted by Crippen LogP contribution is -2.05. The van der Waals surface area contributed by atoms with Gasteiger partial charge in [-0.3, -0.25) is 4.99 Å². The number of nitrogens with zero attached hydrogens (tertiary/aromatic N) is 1. The molecule has 0 heterocycles. The highest BCUT2D eigenvalue weighted by Gasteiger charge is 2.16. The Morgan fingerprint density at radius 3 is 2.54 bits per heavy atom. The Kier molecular flexibility index (Phi) is 4.47. The number of aliphatic imine (C=N–C) groups is 1. The Bertz CT molecular complexity index is 168. The van der Waals surface area contributed by atoms with Crippen LogP contribution in [0.25, 0.3) is 0 Å². The number of hydrogen-bond acceptors (Lipinski definition) is 1. The molecule has 1 saturated carbocycles. The van der Waals surface area contributed by atoms with E-state index in [9.17, 15) is 0 Å². The van der Waals surface area contributed by atoms with E-state index in [1.54, 1.807) is 0 Å². The van der Waals surface area contributed by atoms with Crippen LogP contribution in [-0.2, 0) is 0 Å². The third-order valence-electron chi connectivity index (χ3n) is 3.08. The Balaban J connectivity index is 2.40. The largest absolute Gasteiger partial charge is 0.291 e. The molecule has 2 atom stereocenters. The minimum absolute atomic E-state index is 0.640. The Morgan fingerprint density at radius 2 is 1.92 bits per heavy atom. The van der Waals surface area contributed by atoms with Gasteiger partial charge in [-0.1, -0.05) is 26.2 Å². The van der Waals surface area contributed by atoms with E-state index in [4.69, 9.17) is 0 Å². The minimum atomic E-state index is 0.640. The second-order valence-corrected chi connectivity index (χ2v) is 4.51. The number of rotatable bonds is 2. The first-order valence-corrected chi connectivity index (χ1v) is 5.73. The molecule has 0 saturated heterocycles. The molecule has 0 N–H and O–H groups in total. The van der Waals surface area contributed by atoms with Crippen molar-refractivity contribution in [2.75, 3.05) is 0 Å². The Hall–Kier alpha value is -0.330. The van der Waals surface area contributed by atoms with Crippen LogP contribution >= 0.6 is 0 Å². The van der Waals surface area contributed by atoms with Crippen LogP contribution in [0.5, 0.6) is 0 Å². The van der Waals surface area contributed by atoms with Crippen molar-refractivity contribution in [3.63, 3.8) is 0 Å². The average molecular weight is 181 g/mol. The summed E-state index contributed by atoms with van der Waals surface area (Å²) < 4.78 is 0. The van der Waals surface area contributed by atoms with Gasteiger partial charge in [-0.05, 0) is 39.0 Å². The molecule has 0 aromatic heterocycles. The molecule has 0 aliphatic heterocycles. The van der Waals surface area contributed by atoms with Crippen LogP contribution in [0.4, 0.5) is 0 Å². The summed E-state index contributed by atoms with van der Waals surface area (Å²) in [6.07, 6.45) is 8.23. The minimum Gasteiger partial charge on any atom is -0.291 e. The first kappa shape index (κ1) is 10.7. The molecule has 13 heavy (non-hydrogen) atoms. The molecule has 0 radical (unpaired) electrons. The Morgan fingerprint density at radius 1 is 1.15 bits per heavy atom. The maximum Gasteiger partial charge on any atom is 0.0498 e. The Labute approximate surface area is 82.6 Å². The lowest BCUT2D eigenvalue weighted by molar-refractivity contribution is 0.443. The van der Waals surface area contributed by atoms with Gasteiger partial charge < -0.3 is 0 Å². The molecular weight excluding hydrogens is 158 g/mol. The average Bonchev–Trinajstić information content (AvgIpc) is 2.29. The van der Waals surface area contributed by atoms with E-state index in [2.05, 4.69) is 25.8 Å². The summed E-state index contributed by atoms with van der Waals surface area (Å²) in [4.78, 5) is 4.68.